The standard InChI is InChI=1S/C24H29Cl2F5N4O3S/c1-21(2)18(19(36)32-7-6-24(29,30)31)33-20(34-21)22-11-23(12-22,13-22)35(39(37,38)8-5-17(27)28)10-14-3-4-15(25)16(26)9-14/h3-4,9,17-18H,5-8,10-13H2,1-2H3,(H,32,36)(H,33,34)/t18-,22?,23?/m0/s1. The average Bonchev–Trinajstić information content (AvgIpc) is 3.06. The second-order valence-electron chi connectivity index (χ2n) is 11.1. The maximum atomic E-state index is 13.3. The van der Waals surface area contributed by atoms with Crippen LogP contribution >= 0.6 is 23.2 Å². The van der Waals surface area contributed by atoms with Gasteiger partial charge in [-0.05, 0) is 50.8 Å². The van der Waals surface area contributed by atoms with Crippen LogP contribution in [-0.2, 0) is 21.4 Å². The molecule has 1 aliphatic heterocycles. The first-order valence-corrected chi connectivity index (χ1v) is 14.7. The van der Waals surface area contributed by atoms with E-state index in [0.29, 0.717) is 35.7 Å². The van der Waals surface area contributed by atoms with Crippen molar-refractivity contribution in [3.8, 4) is 0 Å². The van der Waals surface area contributed by atoms with Gasteiger partial charge >= 0.3 is 6.18 Å². The van der Waals surface area contributed by atoms with Crippen molar-refractivity contribution in [2.45, 2.75) is 82.2 Å². The monoisotopic (exact) mass is 618 g/mol. The molecule has 1 amide bonds. The molecule has 2 N–H and O–H groups in total. The first-order valence-electron chi connectivity index (χ1n) is 12.3. The molecule has 0 saturated heterocycles. The Morgan fingerprint density at radius 3 is 2.41 bits per heavy atom. The maximum Gasteiger partial charge on any atom is 0.390 e. The summed E-state index contributed by atoms with van der Waals surface area (Å²) in [5.41, 5.74) is -1.73. The molecular formula is C24H29Cl2F5N4O3S. The first-order chi connectivity index (χ1) is 17.9. The predicted octanol–water partition coefficient (Wildman–Crippen LogP) is 4.92. The zero-order valence-electron chi connectivity index (χ0n) is 21.2. The van der Waals surface area contributed by atoms with Gasteiger partial charge in [0.05, 0.1) is 27.8 Å². The highest BCUT2D eigenvalue weighted by molar-refractivity contribution is 7.89. The van der Waals surface area contributed by atoms with Crippen LogP contribution in [0.3, 0.4) is 0 Å². The molecule has 0 spiro atoms. The molecule has 7 nitrogen and oxygen atoms in total. The number of hydrogen-bond acceptors (Lipinski definition) is 5. The number of hydrogen-bond donors (Lipinski definition) is 2. The second-order valence-corrected chi connectivity index (χ2v) is 14.0. The average molecular weight is 619 g/mol. The number of amides is 1. The summed E-state index contributed by atoms with van der Waals surface area (Å²) in [6, 6.07) is 3.80. The number of nitrogens with zero attached hydrogens (tertiary/aromatic N) is 2. The normalized spacial score (nSPS) is 27.6. The molecule has 0 unspecified atom stereocenters. The SMILES string of the molecule is CC1(C)N=C(C23CC(N(Cc4ccc(Cl)c(Cl)c4)S(=O)(=O)CCC(F)F)(C2)C3)N[C@H]1C(=O)NCCC(F)(F)F. The van der Waals surface area contributed by atoms with Crippen LogP contribution in [0.2, 0.25) is 10.0 Å². The van der Waals surface area contributed by atoms with Crippen LogP contribution in [0.15, 0.2) is 23.2 Å². The molecule has 0 aromatic heterocycles. The van der Waals surface area contributed by atoms with Crippen molar-refractivity contribution in [1.29, 1.82) is 0 Å². The Morgan fingerprint density at radius 2 is 1.85 bits per heavy atom. The summed E-state index contributed by atoms with van der Waals surface area (Å²) in [5, 5.41) is 5.89. The van der Waals surface area contributed by atoms with E-state index < -0.39 is 76.2 Å². The molecule has 1 aromatic carbocycles. The van der Waals surface area contributed by atoms with Gasteiger partial charge < -0.3 is 10.6 Å². The molecule has 5 rings (SSSR count). The van der Waals surface area contributed by atoms with Gasteiger partial charge in [-0.3, -0.25) is 9.79 Å². The molecule has 4 aliphatic rings. The van der Waals surface area contributed by atoms with Crippen molar-refractivity contribution in [2.24, 2.45) is 10.4 Å². The van der Waals surface area contributed by atoms with Crippen LogP contribution in [0.5, 0.6) is 0 Å². The quantitative estimate of drug-likeness (QED) is 0.344. The first kappa shape index (κ1) is 30.3. The van der Waals surface area contributed by atoms with Gasteiger partial charge in [-0.15, -0.1) is 0 Å². The van der Waals surface area contributed by atoms with Crippen molar-refractivity contribution in [3.05, 3.63) is 33.8 Å². The highest BCUT2D eigenvalue weighted by atomic mass is 35.5. The van der Waals surface area contributed by atoms with Crippen molar-refractivity contribution in [1.82, 2.24) is 14.9 Å². The fraction of sp³-hybridized carbons (Fsp3) is 0.667. The van der Waals surface area contributed by atoms with Crippen molar-refractivity contribution < 1.29 is 35.2 Å². The van der Waals surface area contributed by atoms with E-state index in [4.69, 9.17) is 23.2 Å². The molecule has 1 atom stereocenters. The van der Waals surface area contributed by atoms with Crippen LogP contribution in [-0.4, -0.2) is 66.5 Å². The summed E-state index contributed by atoms with van der Waals surface area (Å²) >= 11 is 12.1. The third-order valence-corrected chi connectivity index (χ3v) is 10.3. The van der Waals surface area contributed by atoms with Gasteiger partial charge in [-0.25, -0.2) is 17.2 Å². The minimum atomic E-state index is -4.40. The molecule has 3 fully saturated rings. The van der Waals surface area contributed by atoms with E-state index in [9.17, 15) is 35.2 Å². The van der Waals surface area contributed by atoms with Gasteiger partial charge in [0.15, 0.2) is 0 Å². The number of alkyl halides is 5. The Balaban J connectivity index is 1.48. The summed E-state index contributed by atoms with van der Waals surface area (Å²) in [7, 11) is -4.08. The Bertz CT molecular complexity index is 1250. The Morgan fingerprint density at radius 1 is 1.21 bits per heavy atom. The lowest BCUT2D eigenvalue weighted by Gasteiger charge is -2.73. The molecule has 15 heteroatoms. The van der Waals surface area contributed by atoms with Crippen LogP contribution in [0.4, 0.5) is 22.0 Å². The van der Waals surface area contributed by atoms with Gasteiger partial charge in [-0.2, -0.15) is 17.5 Å². The van der Waals surface area contributed by atoms with E-state index in [2.05, 4.69) is 15.6 Å². The Labute approximate surface area is 233 Å². The van der Waals surface area contributed by atoms with Crippen LogP contribution < -0.4 is 10.6 Å². The molecule has 3 saturated carbocycles. The van der Waals surface area contributed by atoms with E-state index in [0.717, 1.165) is 0 Å². The van der Waals surface area contributed by atoms with Crippen molar-refractivity contribution in [3.63, 3.8) is 0 Å². The number of aliphatic imine (C=N–C) groups is 1. The highest BCUT2D eigenvalue weighted by Crippen LogP contribution is 2.71. The predicted molar refractivity (Wildman–Crippen MR) is 138 cm³/mol. The van der Waals surface area contributed by atoms with Gasteiger partial charge in [0.2, 0.25) is 22.4 Å². The zero-order chi connectivity index (χ0) is 29.0. The molecule has 2 bridgehead atoms. The largest absolute Gasteiger partial charge is 0.390 e. The van der Waals surface area contributed by atoms with E-state index in [1.54, 1.807) is 19.9 Å². The minimum absolute atomic E-state index is 0.0752. The van der Waals surface area contributed by atoms with Gasteiger partial charge in [-0.1, -0.05) is 29.3 Å². The van der Waals surface area contributed by atoms with Crippen LogP contribution in [0, 0.1) is 5.41 Å². The molecule has 218 valence electrons. The lowest BCUT2D eigenvalue weighted by molar-refractivity contribution is -0.151. The number of rotatable bonds is 11. The summed E-state index contributed by atoms with van der Waals surface area (Å²) in [5.74, 6) is -0.822. The highest BCUT2D eigenvalue weighted by Gasteiger charge is 2.75. The molecular weight excluding hydrogens is 590 g/mol. The number of amidine groups is 1. The van der Waals surface area contributed by atoms with E-state index in [1.165, 1.54) is 16.4 Å². The van der Waals surface area contributed by atoms with Crippen LogP contribution in [0.25, 0.3) is 0 Å². The third kappa shape index (κ3) is 6.15. The van der Waals surface area contributed by atoms with Crippen molar-refractivity contribution in [2.75, 3.05) is 12.3 Å². The number of sulfonamides is 1. The molecule has 1 heterocycles. The Kier molecular flexibility index (Phi) is 7.99. The third-order valence-electron chi connectivity index (χ3n) is 7.63. The van der Waals surface area contributed by atoms with E-state index in [1.807, 2.05) is 0 Å². The van der Waals surface area contributed by atoms with Crippen molar-refractivity contribution >= 4 is 45.0 Å². The Hall–Kier alpha value is -1.70. The number of carbonyl (C=O) groups excluding carboxylic acids is 1. The maximum absolute atomic E-state index is 13.3. The van der Waals surface area contributed by atoms with Crippen LogP contribution in [0.1, 0.15) is 51.5 Å². The molecule has 39 heavy (non-hydrogen) atoms. The molecule has 0 radical (unpaired) electrons. The molecule has 1 aromatic rings. The molecule has 3 aliphatic carbocycles. The van der Waals surface area contributed by atoms with Gasteiger partial charge in [0, 0.05) is 30.5 Å². The zero-order valence-corrected chi connectivity index (χ0v) is 23.5. The number of benzene rings is 1. The number of nitrogens with one attached hydrogen (secondary N) is 2. The fourth-order valence-corrected chi connectivity index (χ4v) is 7.90. The summed E-state index contributed by atoms with van der Waals surface area (Å²) < 4.78 is 91.0. The second kappa shape index (κ2) is 10.3. The van der Waals surface area contributed by atoms with Gasteiger partial charge in [0.25, 0.3) is 0 Å². The van der Waals surface area contributed by atoms with E-state index in [-0.39, 0.29) is 11.6 Å². The number of carbonyl (C=O) groups is 1. The summed E-state index contributed by atoms with van der Waals surface area (Å²) in [4.78, 5) is 17.3. The fourth-order valence-electron chi connectivity index (χ4n) is 5.75. The summed E-state index contributed by atoms with van der Waals surface area (Å²) in [6.07, 6.45) is -8.04. The van der Waals surface area contributed by atoms with E-state index >= 15 is 0 Å². The minimum Gasteiger partial charge on any atom is -0.360 e. The lowest BCUT2D eigenvalue weighted by atomic mass is 9.38. The lowest BCUT2D eigenvalue weighted by Crippen LogP contribution is -2.78. The van der Waals surface area contributed by atoms with Gasteiger partial charge in [0.1, 0.15) is 11.9 Å². The topological polar surface area (TPSA) is 90.9 Å². The smallest absolute Gasteiger partial charge is 0.360 e. The number of halogens is 7. The summed E-state index contributed by atoms with van der Waals surface area (Å²) in [6.45, 7) is 2.75.